The molecule has 5 rings (SSSR count). The first-order chi connectivity index (χ1) is 15.1. The summed E-state index contributed by atoms with van der Waals surface area (Å²) in [6.45, 7) is 1.03. The third-order valence-corrected chi connectivity index (χ3v) is 5.58. The van der Waals surface area contributed by atoms with Crippen molar-refractivity contribution >= 4 is 32.7 Å². The Morgan fingerprint density at radius 1 is 0.964 bits per heavy atom. The highest BCUT2D eigenvalue weighted by atomic mass is 16.3. The quantitative estimate of drug-likeness (QED) is 0.317. The maximum atomic E-state index is 8.55. The Labute approximate surface area is 170 Å². The third-order valence-electron chi connectivity index (χ3n) is 5.58. The lowest BCUT2D eigenvalue weighted by Gasteiger charge is -2.09. The molecule has 5 aromatic rings. The van der Waals surface area contributed by atoms with Gasteiger partial charge >= 0.3 is 0 Å². The fraction of sp³-hybridized carbons (Fsp3) is 0.192. The van der Waals surface area contributed by atoms with Gasteiger partial charge in [0, 0.05) is 33.8 Å². The average molecular weight is 371 g/mol. The first kappa shape index (κ1) is 13.1. The zero-order chi connectivity index (χ0) is 22.8. The van der Waals surface area contributed by atoms with Gasteiger partial charge in [-0.2, -0.15) is 0 Å². The second-order valence-electron chi connectivity index (χ2n) is 7.44. The zero-order valence-corrected chi connectivity index (χ0v) is 16.2. The van der Waals surface area contributed by atoms with E-state index in [4.69, 9.17) is 9.90 Å². The molecule has 0 bridgehead atoms. The standard InChI is InChI=1S/C26H24NO/c1-16(2)19-13-14-27(4)23(15-19)24-17(3)9-11-22-21-12-10-18-7-5-6-8-20(18)25(21)28-26(22)24/h5-16H,1-4H3/q+1/i1D3,16D. The Balaban J connectivity index is 1.84. The molecule has 2 heteroatoms. The van der Waals surface area contributed by atoms with Crippen molar-refractivity contribution in [3.63, 3.8) is 0 Å². The van der Waals surface area contributed by atoms with Gasteiger partial charge in [0.1, 0.15) is 18.2 Å². The molecule has 138 valence electrons. The first-order valence-corrected chi connectivity index (χ1v) is 9.44. The number of benzene rings is 3. The summed E-state index contributed by atoms with van der Waals surface area (Å²) in [5, 5.41) is 4.24. The van der Waals surface area contributed by atoms with Crippen LogP contribution in [-0.2, 0) is 7.05 Å². The van der Waals surface area contributed by atoms with E-state index in [0.29, 0.717) is 5.56 Å². The van der Waals surface area contributed by atoms with Gasteiger partial charge in [-0.05, 0) is 35.4 Å². The molecule has 0 saturated carbocycles. The molecule has 0 saturated heterocycles. The Morgan fingerprint density at radius 2 is 1.75 bits per heavy atom. The highest BCUT2D eigenvalue weighted by Gasteiger charge is 2.22. The van der Waals surface area contributed by atoms with Crippen LogP contribution in [0.3, 0.4) is 0 Å². The van der Waals surface area contributed by atoms with E-state index in [1.165, 1.54) is 6.92 Å². The molecule has 3 aromatic carbocycles. The predicted molar refractivity (Wildman–Crippen MR) is 117 cm³/mol. The molecule has 1 unspecified atom stereocenters. The van der Waals surface area contributed by atoms with Crippen LogP contribution in [-0.4, -0.2) is 0 Å². The van der Waals surface area contributed by atoms with E-state index in [9.17, 15) is 0 Å². The summed E-state index contributed by atoms with van der Waals surface area (Å²) < 4.78 is 40.5. The Bertz CT molecular complexity index is 1510. The topological polar surface area (TPSA) is 17.0 Å². The summed E-state index contributed by atoms with van der Waals surface area (Å²) in [7, 11) is 1.92. The average Bonchev–Trinajstić information content (AvgIpc) is 3.12. The number of pyridine rings is 1. The molecule has 2 aromatic heterocycles. The van der Waals surface area contributed by atoms with Crippen molar-refractivity contribution in [3.8, 4) is 11.3 Å². The van der Waals surface area contributed by atoms with E-state index in [0.717, 1.165) is 49.5 Å². The number of hydrogen-bond donors (Lipinski definition) is 0. The largest absolute Gasteiger partial charge is 0.454 e. The number of hydrogen-bond acceptors (Lipinski definition) is 1. The van der Waals surface area contributed by atoms with Crippen LogP contribution in [0.15, 0.2) is 71.3 Å². The van der Waals surface area contributed by atoms with Gasteiger partial charge in [0.05, 0.1) is 5.56 Å². The van der Waals surface area contributed by atoms with E-state index in [2.05, 4.69) is 36.4 Å². The van der Waals surface area contributed by atoms with Crippen LogP contribution in [0.5, 0.6) is 0 Å². The van der Waals surface area contributed by atoms with Crippen LogP contribution < -0.4 is 4.57 Å². The van der Waals surface area contributed by atoms with Gasteiger partial charge in [-0.1, -0.05) is 56.2 Å². The molecule has 0 aliphatic rings. The minimum Gasteiger partial charge on any atom is -0.454 e. The molecular formula is C26H24NO+. The number of furan rings is 1. The van der Waals surface area contributed by atoms with Crippen molar-refractivity contribution in [2.75, 3.05) is 0 Å². The van der Waals surface area contributed by atoms with Gasteiger partial charge in [-0.15, -0.1) is 0 Å². The summed E-state index contributed by atoms with van der Waals surface area (Å²) in [6.07, 6.45) is 1.82. The van der Waals surface area contributed by atoms with Crippen molar-refractivity contribution in [1.29, 1.82) is 0 Å². The fourth-order valence-corrected chi connectivity index (χ4v) is 4.04. The van der Waals surface area contributed by atoms with E-state index in [-0.39, 0.29) is 0 Å². The van der Waals surface area contributed by atoms with Crippen LogP contribution in [0.1, 0.15) is 36.3 Å². The Kier molecular flexibility index (Phi) is 2.90. The highest BCUT2D eigenvalue weighted by molar-refractivity contribution is 6.17. The second-order valence-corrected chi connectivity index (χ2v) is 7.44. The molecule has 0 fully saturated rings. The van der Waals surface area contributed by atoms with E-state index < -0.39 is 12.7 Å². The van der Waals surface area contributed by atoms with Crippen LogP contribution in [0.4, 0.5) is 0 Å². The molecular weight excluding hydrogens is 342 g/mol. The summed E-state index contributed by atoms with van der Waals surface area (Å²) >= 11 is 0. The van der Waals surface area contributed by atoms with Crippen LogP contribution in [0.2, 0.25) is 0 Å². The van der Waals surface area contributed by atoms with Gasteiger partial charge in [0.25, 0.3) is 0 Å². The first-order valence-electron chi connectivity index (χ1n) is 11.4. The molecule has 0 N–H and O–H groups in total. The molecule has 28 heavy (non-hydrogen) atoms. The van der Waals surface area contributed by atoms with E-state index in [1.807, 2.05) is 42.9 Å². The van der Waals surface area contributed by atoms with Gasteiger partial charge < -0.3 is 4.42 Å². The number of fused-ring (bicyclic) bond motifs is 5. The SMILES string of the molecule is [2H]C([2H])([2H])C([2H])(C)c1cc[n+](C)c(-c2c(C)ccc3c2oc2c4ccccc4ccc32)c1. The Hall–Kier alpha value is -3.13. The van der Waals surface area contributed by atoms with Gasteiger partial charge in [0.2, 0.25) is 5.69 Å². The van der Waals surface area contributed by atoms with Crippen molar-refractivity contribution in [2.24, 2.45) is 7.05 Å². The van der Waals surface area contributed by atoms with Crippen LogP contribution in [0.25, 0.3) is 44.0 Å². The number of aromatic nitrogens is 1. The molecule has 0 amide bonds. The fourth-order valence-electron chi connectivity index (χ4n) is 4.04. The minimum absolute atomic E-state index is 0.448. The molecule has 0 aliphatic heterocycles. The monoisotopic (exact) mass is 370 g/mol. The number of aryl methyl sites for hydroxylation is 2. The molecule has 0 radical (unpaired) electrons. The van der Waals surface area contributed by atoms with E-state index >= 15 is 0 Å². The molecule has 1 atom stereocenters. The minimum atomic E-state index is -2.44. The van der Waals surface area contributed by atoms with Gasteiger partial charge in [-0.3, -0.25) is 0 Å². The van der Waals surface area contributed by atoms with Gasteiger partial charge in [0.15, 0.2) is 6.20 Å². The highest BCUT2D eigenvalue weighted by Crippen LogP contribution is 2.39. The summed E-state index contributed by atoms with van der Waals surface area (Å²) in [6, 6.07) is 20.0. The van der Waals surface area contributed by atoms with Crippen LogP contribution in [0, 0.1) is 6.92 Å². The lowest BCUT2D eigenvalue weighted by Crippen LogP contribution is -2.31. The zero-order valence-electron chi connectivity index (χ0n) is 20.2. The second kappa shape index (κ2) is 6.20. The Morgan fingerprint density at radius 3 is 2.61 bits per heavy atom. The maximum absolute atomic E-state index is 8.55. The number of rotatable bonds is 2. The van der Waals surface area contributed by atoms with Crippen molar-refractivity contribution in [3.05, 3.63) is 78.0 Å². The van der Waals surface area contributed by atoms with Crippen molar-refractivity contribution in [2.45, 2.75) is 26.6 Å². The van der Waals surface area contributed by atoms with Crippen molar-refractivity contribution < 1.29 is 14.5 Å². The molecule has 2 nitrogen and oxygen atoms in total. The molecule has 0 aliphatic carbocycles. The van der Waals surface area contributed by atoms with Gasteiger partial charge in [-0.25, -0.2) is 4.57 Å². The molecule has 2 heterocycles. The summed E-state index contributed by atoms with van der Waals surface area (Å²) in [5.74, 6) is -1.72. The summed E-state index contributed by atoms with van der Waals surface area (Å²) in [5.41, 5.74) is 4.81. The van der Waals surface area contributed by atoms with Crippen molar-refractivity contribution in [1.82, 2.24) is 0 Å². The lowest BCUT2D eigenvalue weighted by atomic mass is 9.97. The molecule has 0 spiro atoms. The predicted octanol–water partition coefficient (Wildman–Crippen LogP) is 6.66. The van der Waals surface area contributed by atoms with Crippen LogP contribution >= 0.6 is 0 Å². The maximum Gasteiger partial charge on any atom is 0.216 e. The van der Waals surface area contributed by atoms with E-state index in [1.54, 1.807) is 6.07 Å². The lowest BCUT2D eigenvalue weighted by molar-refractivity contribution is -0.660. The summed E-state index contributed by atoms with van der Waals surface area (Å²) in [4.78, 5) is 0. The number of nitrogens with zero attached hydrogens (tertiary/aromatic N) is 1. The third kappa shape index (κ3) is 2.45. The smallest absolute Gasteiger partial charge is 0.216 e. The normalized spacial score (nSPS) is 16.5.